The van der Waals surface area contributed by atoms with Gasteiger partial charge in [-0.05, 0) is 54.4 Å². The molecule has 0 saturated carbocycles. The molecule has 0 unspecified atom stereocenters. The monoisotopic (exact) mass is 478 g/mol. The van der Waals surface area contributed by atoms with E-state index in [1.807, 2.05) is 0 Å². The quantitative estimate of drug-likeness (QED) is 0.527. The summed E-state index contributed by atoms with van der Waals surface area (Å²) in [6.07, 6.45) is 0. The van der Waals surface area contributed by atoms with Crippen molar-refractivity contribution in [1.82, 2.24) is 4.72 Å². The molecule has 0 aliphatic rings. The maximum Gasteiger partial charge on any atom is 0.336 e. The molecule has 0 spiro atoms. The number of carbonyl (C=O) groups excluding carboxylic acids is 1. The van der Waals surface area contributed by atoms with Gasteiger partial charge in [-0.25, -0.2) is 13.2 Å². The van der Waals surface area contributed by atoms with Crippen LogP contribution in [0.3, 0.4) is 0 Å². The lowest BCUT2D eigenvalue weighted by Gasteiger charge is -2.21. The smallest absolute Gasteiger partial charge is 0.336 e. The molecule has 9 heteroatoms. The maximum absolute atomic E-state index is 12.8. The molecular formula is C20H19BrN2O5S. The molecule has 3 rings (SSSR count). The molecule has 1 aromatic heterocycles. The Hall–Kier alpha value is -2.49. The zero-order chi connectivity index (χ0) is 21.2. The van der Waals surface area contributed by atoms with E-state index < -0.39 is 27.6 Å². The summed E-state index contributed by atoms with van der Waals surface area (Å²) in [4.78, 5) is 24.1. The number of hydrogen-bond acceptors (Lipinski definition) is 5. The van der Waals surface area contributed by atoms with Crippen LogP contribution in [0.4, 0.5) is 5.69 Å². The SMILES string of the molecule is CC(C)[C@H](NS(=O)(=O)c1ccc(Br)cc1)C(=O)Nc1ccc2oc(=O)ccc2c1. The molecule has 1 heterocycles. The molecule has 2 aromatic carbocycles. The van der Waals surface area contributed by atoms with E-state index in [1.165, 1.54) is 18.2 Å². The van der Waals surface area contributed by atoms with Crippen molar-refractivity contribution in [2.45, 2.75) is 24.8 Å². The van der Waals surface area contributed by atoms with Gasteiger partial charge >= 0.3 is 5.63 Å². The van der Waals surface area contributed by atoms with Crippen LogP contribution >= 0.6 is 15.9 Å². The van der Waals surface area contributed by atoms with E-state index in [2.05, 4.69) is 26.0 Å². The topological polar surface area (TPSA) is 105 Å². The highest BCUT2D eigenvalue weighted by molar-refractivity contribution is 9.10. The molecule has 0 fully saturated rings. The Morgan fingerprint density at radius 2 is 1.72 bits per heavy atom. The van der Waals surface area contributed by atoms with Crippen LogP contribution in [0.15, 0.2) is 73.2 Å². The molecular weight excluding hydrogens is 460 g/mol. The molecule has 0 aliphatic heterocycles. The molecule has 3 aromatic rings. The zero-order valence-corrected chi connectivity index (χ0v) is 18.1. The van der Waals surface area contributed by atoms with E-state index in [-0.39, 0.29) is 10.8 Å². The van der Waals surface area contributed by atoms with Crippen molar-refractivity contribution in [2.75, 3.05) is 5.32 Å². The Kier molecular flexibility index (Phi) is 6.21. The maximum atomic E-state index is 12.8. The van der Waals surface area contributed by atoms with Gasteiger partial charge in [-0.1, -0.05) is 29.8 Å². The van der Waals surface area contributed by atoms with Crippen LogP contribution < -0.4 is 15.7 Å². The van der Waals surface area contributed by atoms with Gasteiger partial charge in [0, 0.05) is 21.6 Å². The second-order valence-electron chi connectivity index (χ2n) is 6.79. The van der Waals surface area contributed by atoms with E-state index in [0.717, 1.165) is 4.47 Å². The first-order valence-electron chi connectivity index (χ1n) is 8.78. The van der Waals surface area contributed by atoms with E-state index in [1.54, 1.807) is 50.2 Å². The molecule has 0 saturated heterocycles. The standard InChI is InChI=1S/C20H19BrN2O5S/c1-12(2)19(23-29(26,27)16-7-4-14(21)5-8-16)20(25)22-15-6-9-17-13(11-15)3-10-18(24)28-17/h3-12,19,23H,1-2H3,(H,22,25)/t19-/m0/s1. The van der Waals surface area contributed by atoms with Crippen molar-refractivity contribution in [1.29, 1.82) is 0 Å². The predicted molar refractivity (Wildman–Crippen MR) is 114 cm³/mol. The Bertz CT molecular complexity index is 1200. The zero-order valence-electron chi connectivity index (χ0n) is 15.7. The number of amides is 1. The molecule has 0 bridgehead atoms. The second kappa shape index (κ2) is 8.48. The van der Waals surface area contributed by atoms with E-state index >= 15 is 0 Å². The van der Waals surface area contributed by atoms with Crippen molar-refractivity contribution in [3.8, 4) is 0 Å². The van der Waals surface area contributed by atoms with Crippen LogP contribution in [0.2, 0.25) is 0 Å². The average Bonchev–Trinajstić information content (AvgIpc) is 2.66. The molecule has 152 valence electrons. The first-order valence-corrected chi connectivity index (χ1v) is 11.1. The van der Waals surface area contributed by atoms with Crippen LogP contribution in [0.25, 0.3) is 11.0 Å². The van der Waals surface area contributed by atoms with Crippen molar-refractivity contribution in [3.63, 3.8) is 0 Å². The highest BCUT2D eigenvalue weighted by Gasteiger charge is 2.28. The van der Waals surface area contributed by atoms with Crippen molar-refractivity contribution >= 4 is 48.5 Å². The van der Waals surface area contributed by atoms with Crippen LogP contribution in [0, 0.1) is 5.92 Å². The fourth-order valence-corrected chi connectivity index (χ4v) is 4.32. The van der Waals surface area contributed by atoms with Crippen LogP contribution in [-0.4, -0.2) is 20.4 Å². The normalized spacial score (nSPS) is 12.8. The summed E-state index contributed by atoms with van der Waals surface area (Å²) in [5, 5.41) is 3.36. The largest absolute Gasteiger partial charge is 0.423 e. The Balaban J connectivity index is 1.81. The third-order valence-electron chi connectivity index (χ3n) is 4.24. The van der Waals surface area contributed by atoms with Crippen LogP contribution in [-0.2, 0) is 14.8 Å². The molecule has 7 nitrogen and oxygen atoms in total. The highest BCUT2D eigenvalue weighted by atomic mass is 79.9. The Morgan fingerprint density at radius 3 is 2.38 bits per heavy atom. The summed E-state index contributed by atoms with van der Waals surface area (Å²) < 4.78 is 33.6. The van der Waals surface area contributed by atoms with Gasteiger partial charge in [0.25, 0.3) is 0 Å². The van der Waals surface area contributed by atoms with Crippen molar-refractivity contribution in [2.24, 2.45) is 5.92 Å². The van der Waals surface area contributed by atoms with Gasteiger partial charge < -0.3 is 9.73 Å². The molecule has 0 aliphatic carbocycles. The summed E-state index contributed by atoms with van der Waals surface area (Å²) in [6, 6.07) is 12.9. The first kappa shape index (κ1) is 21.2. The van der Waals surface area contributed by atoms with Gasteiger partial charge in [0.05, 0.1) is 4.90 Å². The lowest BCUT2D eigenvalue weighted by molar-refractivity contribution is -0.118. The minimum Gasteiger partial charge on any atom is -0.423 e. The van der Waals surface area contributed by atoms with Gasteiger partial charge in [0.2, 0.25) is 15.9 Å². The van der Waals surface area contributed by atoms with Gasteiger partial charge in [0.15, 0.2) is 0 Å². The van der Waals surface area contributed by atoms with Crippen LogP contribution in [0.1, 0.15) is 13.8 Å². The number of hydrogen-bond donors (Lipinski definition) is 2. The molecule has 1 amide bonds. The Labute approximate surface area is 176 Å². The number of anilines is 1. The summed E-state index contributed by atoms with van der Waals surface area (Å²) in [6.45, 7) is 3.51. The van der Waals surface area contributed by atoms with Gasteiger partial charge in [-0.2, -0.15) is 4.72 Å². The van der Waals surface area contributed by atoms with E-state index in [9.17, 15) is 18.0 Å². The second-order valence-corrected chi connectivity index (χ2v) is 9.42. The van der Waals surface area contributed by atoms with Crippen molar-refractivity contribution in [3.05, 3.63) is 69.5 Å². The summed E-state index contributed by atoms with van der Waals surface area (Å²) >= 11 is 3.26. The number of rotatable bonds is 6. The molecule has 1 atom stereocenters. The molecule has 0 radical (unpaired) electrons. The number of carbonyl (C=O) groups is 1. The first-order chi connectivity index (χ1) is 13.7. The van der Waals surface area contributed by atoms with Gasteiger partial charge in [0.1, 0.15) is 11.6 Å². The highest BCUT2D eigenvalue weighted by Crippen LogP contribution is 2.20. The third kappa shape index (κ3) is 5.11. The van der Waals surface area contributed by atoms with Crippen molar-refractivity contribution < 1.29 is 17.6 Å². The molecule has 2 N–H and O–H groups in total. The lowest BCUT2D eigenvalue weighted by atomic mass is 10.0. The fourth-order valence-electron chi connectivity index (χ4n) is 2.71. The number of nitrogens with one attached hydrogen (secondary N) is 2. The lowest BCUT2D eigenvalue weighted by Crippen LogP contribution is -2.47. The minimum atomic E-state index is -3.88. The summed E-state index contributed by atoms with van der Waals surface area (Å²) in [7, 11) is -3.88. The molecule has 29 heavy (non-hydrogen) atoms. The van der Waals surface area contributed by atoms with Crippen LogP contribution in [0.5, 0.6) is 0 Å². The summed E-state index contributed by atoms with van der Waals surface area (Å²) in [5.74, 6) is -0.781. The minimum absolute atomic E-state index is 0.0693. The number of sulfonamides is 1. The number of halogens is 1. The number of fused-ring (bicyclic) bond motifs is 1. The third-order valence-corrected chi connectivity index (χ3v) is 6.23. The predicted octanol–water partition coefficient (Wildman–Crippen LogP) is 3.50. The van der Waals surface area contributed by atoms with Gasteiger partial charge in [-0.15, -0.1) is 0 Å². The van der Waals surface area contributed by atoms with E-state index in [0.29, 0.717) is 16.7 Å². The average molecular weight is 479 g/mol. The summed E-state index contributed by atoms with van der Waals surface area (Å²) in [5.41, 5.74) is 0.396. The van der Waals surface area contributed by atoms with Gasteiger partial charge in [-0.3, -0.25) is 4.79 Å². The van der Waals surface area contributed by atoms with E-state index in [4.69, 9.17) is 4.42 Å². The fraction of sp³-hybridized carbons (Fsp3) is 0.200. The number of benzene rings is 2. The Morgan fingerprint density at radius 1 is 1.03 bits per heavy atom.